The standard InChI is InChI=1S/C12H13NO2/c1-7(2)11-13-10-6-8(3)4-5-9(10)12(14)15-11/h4-7H,1-3H3. The van der Waals surface area contributed by atoms with Crippen LogP contribution in [0.2, 0.25) is 0 Å². The number of aromatic nitrogens is 1. The number of benzene rings is 1. The summed E-state index contributed by atoms with van der Waals surface area (Å²) in [4.78, 5) is 15.9. The summed E-state index contributed by atoms with van der Waals surface area (Å²) in [5, 5.41) is 0.546. The maximum atomic E-state index is 11.6. The van der Waals surface area contributed by atoms with Gasteiger partial charge >= 0.3 is 5.63 Å². The van der Waals surface area contributed by atoms with Gasteiger partial charge < -0.3 is 4.42 Å². The Morgan fingerprint density at radius 3 is 2.73 bits per heavy atom. The van der Waals surface area contributed by atoms with E-state index in [-0.39, 0.29) is 11.5 Å². The maximum absolute atomic E-state index is 11.6. The molecule has 0 bridgehead atoms. The Balaban J connectivity index is 2.80. The summed E-state index contributed by atoms with van der Waals surface area (Å²) in [7, 11) is 0. The first-order chi connectivity index (χ1) is 7.08. The van der Waals surface area contributed by atoms with Gasteiger partial charge in [-0.15, -0.1) is 0 Å². The first-order valence-corrected chi connectivity index (χ1v) is 4.99. The molecule has 0 saturated heterocycles. The summed E-state index contributed by atoms with van der Waals surface area (Å²) in [5.41, 5.74) is 1.51. The third-order valence-corrected chi connectivity index (χ3v) is 2.29. The Bertz CT molecular complexity index is 555. The molecule has 3 nitrogen and oxygen atoms in total. The lowest BCUT2D eigenvalue weighted by atomic mass is 10.1. The molecule has 0 radical (unpaired) electrons. The molecule has 0 atom stereocenters. The van der Waals surface area contributed by atoms with Gasteiger partial charge in [-0.2, -0.15) is 0 Å². The van der Waals surface area contributed by atoms with Crippen molar-refractivity contribution in [1.29, 1.82) is 0 Å². The number of nitrogens with zero attached hydrogens (tertiary/aromatic N) is 1. The van der Waals surface area contributed by atoms with Crippen LogP contribution >= 0.6 is 0 Å². The lowest BCUT2D eigenvalue weighted by Crippen LogP contribution is -2.06. The van der Waals surface area contributed by atoms with E-state index in [0.717, 1.165) is 11.1 Å². The average molecular weight is 203 g/mol. The van der Waals surface area contributed by atoms with Crippen molar-refractivity contribution in [3.8, 4) is 0 Å². The predicted octanol–water partition coefficient (Wildman–Crippen LogP) is 2.62. The van der Waals surface area contributed by atoms with Gasteiger partial charge in [0.05, 0.1) is 10.9 Å². The van der Waals surface area contributed by atoms with Crippen molar-refractivity contribution in [3.05, 3.63) is 40.1 Å². The van der Waals surface area contributed by atoms with E-state index in [0.29, 0.717) is 11.3 Å². The van der Waals surface area contributed by atoms with Crippen molar-refractivity contribution in [3.63, 3.8) is 0 Å². The average Bonchev–Trinajstić information content (AvgIpc) is 2.16. The van der Waals surface area contributed by atoms with Crippen molar-refractivity contribution in [2.45, 2.75) is 26.7 Å². The molecular formula is C12H13NO2. The van der Waals surface area contributed by atoms with E-state index in [9.17, 15) is 4.79 Å². The second-order valence-electron chi connectivity index (χ2n) is 4.01. The van der Waals surface area contributed by atoms with Gasteiger partial charge in [0, 0.05) is 5.92 Å². The number of fused-ring (bicyclic) bond motifs is 1. The molecular weight excluding hydrogens is 190 g/mol. The predicted molar refractivity (Wildman–Crippen MR) is 59.1 cm³/mol. The molecule has 78 valence electrons. The third-order valence-electron chi connectivity index (χ3n) is 2.29. The van der Waals surface area contributed by atoms with E-state index in [2.05, 4.69) is 4.98 Å². The lowest BCUT2D eigenvalue weighted by Gasteiger charge is -2.03. The Labute approximate surface area is 87.8 Å². The van der Waals surface area contributed by atoms with E-state index in [1.165, 1.54) is 0 Å². The van der Waals surface area contributed by atoms with Crippen LogP contribution in [0.3, 0.4) is 0 Å². The Kier molecular flexibility index (Phi) is 2.31. The molecule has 0 aliphatic heterocycles. The molecule has 3 heteroatoms. The molecule has 0 spiro atoms. The highest BCUT2D eigenvalue weighted by molar-refractivity contribution is 5.77. The Morgan fingerprint density at radius 1 is 1.33 bits per heavy atom. The fourth-order valence-corrected chi connectivity index (χ4v) is 1.45. The van der Waals surface area contributed by atoms with E-state index < -0.39 is 0 Å². The molecule has 2 aromatic rings. The van der Waals surface area contributed by atoms with Gasteiger partial charge in [-0.25, -0.2) is 9.78 Å². The zero-order chi connectivity index (χ0) is 11.0. The minimum Gasteiger partial charge on any atom is -0.408 e. The second-order valence-corrected chi connectivity index (χ2v) is 4.01. The van der Waals surface area contributed by atoms with Gasteiger partial charge in [0.25, 0.3) is 0 Å². The molecule has 2 rings (SSSR count). The van der Waals surface area contributed by atoms with Gasteiger partial charge in [-0.3, -0.25) is 0 Å². The summed E-state index contributed by atoms with van der Waals surface area (Å²) in [5.74, 6) is 0.626. The van der Waals surface area contributed by atoms with Crippen molar-refractivity contribution >= 4 is 10.9 Å². The quantitative estimate of drug-likeness (QED) is 0.715. The van der Waals surface area contributed by atoms with Crippen LogP contribution in [0.1, 0.15) is 31.2 Å². The molecule has 0 saturated carbocycles. The first kappa shape index (κ1) is 9.90. The zero-order valence-corrected chi connectivity index (χ0v) is 9.07. The van der Waals surface area contributed by atoms with Crippen molar-refractivity contribution in [1.82, 2.24) is 4.98 Å². The largest absolute Gasteiger partial charge is 0.408 e. The second kappa shape index (κ2) is 3.50. The van der Waals surface area contributed by atoms with Crippen LogP contribution in [0.5, 0.6) is 0 Å². The molecule has 0 amide bonds. The van der Waals surface area contributed by atoms with Crippen LogP contribution in [0.4, 0.5) is 0 Å². The minimum atomic E-state index is -0.302. The van der Waals surface area contributed by atoms with Crippen molar-refractivity contribution in [2.75, 3.05) is 0 Å². The number of hydrogen-bond acceptors (Lipinski definition) is 3. The topological polar surface area (TPSA) is 43.1 Å². The van der Waals surface area contributed by atoms with Crippen LogP contribution in [0.25, 0.3) is 10.9 Å². The molecule has 1 aromatic carbocycles. The maximum Gasteiger partial charge on any atom is 0.346 e. The number of hydrogen-bond donors (Lipinski definition) is 0. The van der Waals surface area contributed by atoms with E-state index in [4.69, 9.17) is 4.42 Å². The highest BCUT2D eigenvalue weighted by atomic mass is 16.4. The zero-order valence-electron chi connectivity index (χ0n) is 9.07. The molecule has 0 fully saturated rings. The van der Waals surface area contributed by atoms with E-state index in [1.807, 2.05) is 32.9 Å². The lowest BCUT2D eigenvalue weighted by molar-refractivity contribution is 0.424. The normalized spacial score (nSPS) is 11.2. The molecule has 0 aliphatic carbocycles. The highest BCUT2D eigenvalue weighted by Gasteiger charge is 2.08. The number of aryl methyl sites for hydroxylation is 1. The van der Waals surface area contributed by atoms with Crippen LogP contribution in [0, 0.1) is 6.92 Å². The fraction of sp³-hybridized carbons (Fsp3) is 0.333. The summed E-state index contributed by atoms with van der Waals surface area (Å²) >= 11 is 0. The molecule has 1 aromatic heterocycles. The van der Waals surface area contributed by atoms with Crippen LogP contribution in [-0.4, -0.2) is 4.98 Å². The van der Waals surface area contributed by atoms with Crippen molar-refractivity contribution in [2.24, 2.45) is 0 Å². The minimum absolute atomic E-state index is 0.127. The van der Waals surface area contributed by atoms with Crippen LogP contribution in [-0.2, 0) is 0 Å². The molecule has 0 unspecified atom stereocenters. The smallest absolute Gasteiger partial charge is 0.346 e. The van der Waals surface area contributed by atoms with Crippen LogP contribution < -0.4 is 5.63 Å². The third kappa shape index (κ3) is 1.77. The number of rotatable bonds is 1. The Hall–Kier alpha value is -1.64. The van der Waals surface area contributed by atoms with Gasteiger partial charge in [-0.05, 0) is 24.6 Å². The van der Waals surface area contributed by atoms with E-state index >= 15 is 0 Å². The molecule has 0 aliphatic rings. The molecule has 0 N–H and O–H groups in total. The highest BCUT2D eigenvalue weighted by Crippen LogP contribution is 2.15. The monoisotopic (exact) mass is 203 g/mol. The van der Waals surface area contributed by atoms with Gasteiger partial charge in [0.1, 0.15) is 0 Å². The summed E-state index contributed by atoms with van der Waals surface area (Å²) in [6.45, 7) is 5.88. The molecule has 1 heterocycles. The fourth-order valence-electron chi connectivity index (χ4n) is 1.45. The van der Waals surface area contributed by atoms with Gasteiger partial charge in [0.15, 0.2) is 0 Å². The summed E-state index contributed by atoms with van der Waals surface area (Å²) in [6.07, 6.45) is 0. The SMILES string of the molecule is Cc1ccc2c(=O)oc(C(C)C)nc2c1. The van der Waals surface area contributed by atoms with Gasteiger partial charge in [0.2, 0.25) is 5.89 Å². The summed E-state index contributed by atoms with van der Waals surface area (Å²) < 4.78 is 5.13. The van der Waals surface area contributed by atoms with Crippen LogP contribution in [0.15, 0.2) is 27.4 Å². The Morgan fingerprint density at radius 2 is 2.07 bits per heavy atom. The van der Waals surface area contributed by atoms with Gasteiger partial charge in [-0.1, -0.05) is 19.9 Å². The molecule has 15 heavy (non-hydrogen) atoms. The van der Waals surface area contributed by atoms with Crippen molar-refractivity contribution < 1.29 is 4.42 Å². The summed E-state index contributed by atoms with van der Waals surface area (Å²) in [6, 6.07) is 5.54. The van der Waals surface area contributed by atoms with E-state index in [1.54, 1.807) is 6.07 Å². The first-order valence-electron chi connectivity index (χ1n) is 4.99.